The SMILES string of the molecule is CCC(CC#N)NC(=O)C(C)C1CNC1. The van der Waals surface area contributed by atoms with Gasteiger partial charge in [0.1, 0.15) is 0 Å². The molecule has 4 nitrogen and oxygen atoms in total. The smallest absolute Gasteiger partial charge is 0.223 e. The molecule has 0 spiro atoms. The number of rotatable bonds is 5. The maximum atomic E-state index is 11.8. The van der Waals surface area contributed by atoms with Gasteiger partial charge in [0.15, 0.2) is 0 Å². The van der Waals surface area contributed by atoms with E-state index in [0.29, 0.717) is 12.3 Å². The summed E-state index contributed by atoms with van der Waals surface area (Å²) in [5, 5.41) is 14.7. The van der Waals surface area contributed by atoms with Crippen molar-refractivity contribution in [2.45, 2.75) is 32.7 Å². The van der Waals surface area contributed by atoms with Gasteiger partial charge in [-0.15, -0.1) is 0 Å². The molecule has 0 saturated carbocycles. The molecule has 1 amide bonds. The van der Waals surface area contributed by atoms with Gasteiger partial charge >= 0.3 is 0 Å². The van der Waals surface area contributed by atoms with E-state index in [1.807, 2.05) is 13.8 Å². The van der Waals surface area contributed by atoms with Crippen LogP contribution in [0.15, 0.2) is 0 Å². The molecule has 0 radical (unpaired) electrons. The number of nitriles is 1. The zero-order chi connectivity index (χ0) is 11.3. The number of carbonyl (C=O) groups is 1. The number of carbonyl (C=O) groups excluding carboxylic acids is 1. The van der Waals surface area contributed by atoms with Crippen molar-refractivity contribution in [2.24, 2.45) is 11.8 Å². The van der Waals surface area contributed by atoms with Crippen molar-refractivity contribution in [3.63, 3.8) is 0 Å². The molecule has 1 fully saturated rings. The van der Waals surface area contributed by atoms with E-state index < -0.39 is 0 Å². The average Bonchev–Trinajstić information content (AvgIpc) is 2.14. The molecule has 0 aliphatic carbocycles. The maximum Gasteiger partial charge on any atom is 0.223 e. The first-order valence-corrected chi connectivity index (χ1v) is 5.57. The Labute approximate surface area is 91.0 Å². The van der Waals surface area contributed by atoms with Crippen LogP contribution in [0.3, 0.4) is 0 Å². The number of hydrogen-bond acceptors (Lipinski definition) is 3. The first-order valence-electron chi connectivity index (χ1n) is 5.57. The average molecular weight is 209 g/mol. The molecule has 2 N–H and O–H groups in total. The highest BCUT2D eigenvalue weighted by Gasteiger charge is 2.29. The Morgan fingerprint density at radius 2 is 2.33 bits per heavy atom. The van der Waals surface area contributed by atoms with Crippen molar-refractivity contribution in [2.75, 3.05) is 13.1 Å². The highest BCUT2D eigenvalue weighted by Crippen LogP contribution is 2.16. The fraction of sp³-hybridized carbons (Fsp3) is 0.818. The van der Waals surface area contributed by atoms with Gasteiger partial charge in [-0.25, -0.2) is 0 Å². The molecule has 84 valence electrons. The lowest BCUT2D eigenvalue weighted by molar-refractivity contribution is -0.127. The van der Waals surface area contributed by atoms with Gasteiger partial charge in [-0.1, -0.05) is 13.8 Å². The van der Waals surface area contributed by atoms with Crippen LogP contribution in [-0.4, -0.2) is 25.0 Å². The molecule has 2 unspecified atom stereocenters. The molecular weight excluding hydrogens is 190 g/mol. The highest BCUT2D eigenvalue weighted by molar-refractivity contribution is 5.79. The zero-order valence-electron chi connectivity index (χ0n) is 9.42. The first kappa shape index (κ1) is 12.0. The second-order valence-corrected chi connectivity index (χ2v) is 4.18. The maximum absolute atomic E-state index is 11.8. The Morgan fingerprint density at radius 1 is 1.67 bits per heavy atom. The molecular formula is C11H19N3O. The lowest BCUT2D eigenvalue weighted by Gasteiger charge is -2.32. The van der Waals surface area contributed by atoms with Gasteiger partial charge in [-0.3, -0.25) is 4.79 Å². The molecule has 2 atom stereocenters. The largest absolute Gasteiger partial charge is 0.352 e. The summed E-state index contributed by atoms with van der Waals surface area (Å²) < 4.78 is 0. The quantitative estimate of drug-likeness (QED) is 0.698. The molecule has 1 rings (SSSR count). The predicted molar refractivity (Wildman–Crippen MR) is 58.0 cm³/mol. The van der Waals surface area contributed by atoms with E-state index in [9.17, 15) is 4.79 Å². The normalized spacial score (nSPS) is 19.8. The third kappa shape index (κ3) is 3.21. The summed E-state index contributed by atoms with van der Waals surface area (Å²) >= 11 is 0. The van der Waals surface area contributed by atoms with E-state index in [0.717, 1.165) is 19.5 Å². The summed E-state index contributed by atoms with van der Waals surface area (Å²) in [6.07, 6.45) is 1.22. The van der Waals surface area contributed by atoms with E-state index in [1.54, 1.807) is 0 Å². The van der Waals surface area contributed by atoms with Crippen LogP contribution in [0.25, 0.3) is 0 Å². The highest BCUT2D eigenvalue weighted by atomic mass is 16.1. The third-order valence-corrected chi connectivity index (χ3v) is 3.11. The molecule has 1 aliphatic heterocycles. The minimum Gasteiger partial charge on any atom is -0.352 e. The van der Waals surface area contributed by atoms with E-state index in [2.05, 4.69) is 16.7 Å². The Morgan fingerprint density at radius 3 is 2.73 bits per heavy atom. The van der Waals surface area contributed by atoms with E-state index >= 15 is 0 Å². The first-order chi connectivity index (χ1) is 7.19. The van der Waals surface area contributed by atoms with Gasteiger partial charge in [0.2, 0.25) is 5.91 Å². The lowest BCUT2D eigenvalue weighted by atomic mass is 9.88. The molecule has 0 aromatic rings. The molecule has 1 saturated heterocycles. The monoisotopic (exact) mass is 209 g/mol. The van der Waals surface area contributed by atoms with Crippen LogP contribution in [-0.2, 0) is 4.79 Å². The van der Waals surface area contributed by atoms with Crippen LogP contribution in [0.5, 0.6) is 0 Å². The van der Waals surface area contributed by atoms with Gasteiger partial charge in [0, 0.05) is 12.0 Å². The van der Waals surface area contributed by atoms with Gasteiger partial charge in [-0.05, 0) is 25.4 Å². The Kier molecular flexibility index (Phi) is 4.57. The number of nitrogens with one attached hydrogen (secondary N) is 2. The van der Waals surface area contributed by atoms with Crippen molar-refractivity contribution in [1.82, 2.24) is 10.6 Å². The van der Waals surface area contributed by atoms with Crippen molar-refractivity contribution in [1.29, 1.82) is 5.26 Å². The Balaban J connectivity index is 2.35. The van der Waals surface area contributed by atoms with Crippen LogP contribution in [0.1, 0.15) is 26.7 Å². The number of hydrogen-bond donors (Lipinski definition) is 2. The number of amides is 1. The second kappa shape index (κ2) is 5.72. The summed E-state index contributed by atoms with van der Waals surface area (Å²) in [6.45, 7) is 5.81. The van der Waals surface area contributed by atoms with E-state index in [-0.39, 0.29) is 17.9 Å². The molecule has 4 heteroatoms. The van der Waals surface area contributed by atoms with E-state index in [4.69, 9.17) is 5.26 Å². The summed E-state index contributed by atoms with van der Waals surface area (Å²) in [7, 11) is 0. The fourth-order valence-corrected chi connectivity index (χ4v) is 1.62. The van der Waals surface area contributed by atoms with Crippen molar-refractivity contribution in [3.05, 3.63) is 0 Å². The molecule has 1 heterocycles. The molecule has 0 aromatic heterocycles. The van der Waals surface area contributed by atoms with Crippen molar-refractivity contribution in [3.8, 4) is 6.07 Å². The molecule has 15 heavy (non-hydrogen) atoms. The number of nitrogens with zero attached hydrogens (tertiary/aromatic N) is 1. The topological polar surface area (TPSA) is 64.9 Å². The van der Waals surface area contributed by atoms with Crippen LogP contribution < -0.4 is 10.6 Å². The summed E-state index contributed by atoms with van der Waals surface area (Å²) in [5.41, 5.74) is 0. The second-order valence-electron chi connectivity index (χ2n) is 4.18. The Hall–Kier alpha value is -1.08. The van der Waals surface area contributed by atoms with Crippen LogP contribution >= 0.6 is 0 Å². The van der Waals surface area contributed by atoms with Gasteiger partial charge in [0.25, 0.3) is 0 Å². The fourth-order valence-electron chi connectivity index (χ4n) is 1.62. The van der Waals surface area contributed by atoms with Crippen LogP contribution in [0, 0.1) is 23.2 Å². The summed E-state index contributed by atoms with van der Waals surface area (Å²) in [6, 6.07) is 2.11. The van der Waals surface area contributed by atoms with Gasteiger partial charge in [0.05, 0.1) is 12.5 Å². The van der Waals surface area contributed by atoms with Crippen molar-refractivity contribution < 1.29 is 4.79 Å². The zero-order valence-corrected chi connectivity index (χ0v) is 9.42. The summed E-state index contributed by atoms with van der Waals surface area (Å²) in [4.78, 5) is 11.8. The summed E-state index contributed by atoms with van der Waals surface area (Å²) in [5.74, 6) is 0.604. The molecule has 0 aromatic carbocycles. The minimum absolute atomic E-state index is 0.0120. The van der Waals surface area contributed by atoms with Crippen LogP contribution in [0.2, 0.25) is 0 Å². The standard InChI is InChI=1S/C11H19N3O/c1-3-10(4-5-12)14-11(15)8(2)9-6-13-7-9/h8-10,13H,3-4,6-7H2,1-2H3,(H,14,15). The lowest BCUT2D eigenvalue weighted by Crippen LogP contribution is -2.50. The molecule has 0 bridgehead atoms. The van der Waals surface area contributed by atoms with Crippen molar-refractivity contribution >= 4 is 5.91 Å². The van der Waals surface area contributed by atoms with Gasteiger partial charge < -0.3 is 10.6 Å². The molecule has 1 aliphatic rings. The van der Waals surface area contributed by atoms with Crippen LogP contribution in [0.4, 0.5) is 0 Å². The predicted octanol–water partition coefficient (Wildman–Crippen LogP) is 0.650. The third-order valence-electron chi connectivity index (χ3n) is 3.11. The Bertz CT molecular complexity index is 255. The van der Waals surface area contributed by atoms with E-state index in [1.165, 1.54) is 0 Å². The van der Waals surface area contributed by atoms with Gasteiger partial charge in [-0.2, -0.15) is 5.26 Å². The minimum atomic E-state index is 0.0120.